The monoisotopic (exact) mass is 344 g/mol. The number of rotatable bonds is 7. The standard InChI is InChI=1S/C13H20N4O3S2/c1-20-7-10(18)15-12-16-17-13(22-12)21-8-11(19)14-9-5-3-2-4-6-9/h9H,2-8H2,1H3,(H,14,19)(H,15,16,18). The molecule has 1 saturated carbocycles. The topological polar surface area (TPSA) is 93.2 Å². The van der Waals surface area contributed by atoms with E-state index >= 15 is 0 Å². The van der Waals surface area contributed by atoms with Crippen molar-refractivity contribution in [2.24, 2.45) is 0 Å². The lowest BCUT2D eigenvalue weighted by Crippen LogP contribution is -2.37. The smallest absolute Gasteiger partial charge is 0.252 e. The van der Waals surface area contributed by atoms with Crippen LogP contribution in [0.15, 0.2) is 4.34 Å². The Bertz CT molecular complexity index is 503. The van der Waals surface area contributed by atoms with Crippen molar-refractivity contribution in [2.75, 3.05) is 24.8 Å². The number of amides is 2. The largest absolute Gasteiger partial charge is 0.375 e. The molecule has 0 atom stereocenters. The molecule has 2 rings (SSSR count). The minimum absolute atomic E-state index is 0.0220. The fraction of sp³-hybridized carbons (Fsp3) is 0.692. The van der Waals surface area contributed by atoms with Gasteiger partial charge < -0.3 is 10.1 Å². The number of aromatic nitrogens is 2. The van der Waals surface area contributed by atoms with E-state index in [0.29, 0.717) is 21.3 Å². The van der Waals surface area contributed by atoms with Crippen LogP contribution in [0.5, 0.6) is 0 Å². The highest BCUT2D eigenvalue weighted by Crippen LogP contribution is 2.25. The van der Waals surface area contributed by atoms with Gasteiger partial charge in [-0.2, -0.15) is 0 Å². The van der Waals surface area contributed by atoms with E-state index in [1.807, 2.05) is 0 Å². The molecule has 0 radical (unpaired) electrons. The maximum atomic E-state index is 11.9. The molecule has 122 valence electrons. The van der Waals surface area contributed by atoms with Gasteiger partial charge in [0.1, 0.15) is 6.61 Å². The third-order valence-corrected chi connectivity index (χ3v) is 5.20. The molecule has 0 bridgehead atoms. The van der Waals surface area contributed by atoms with Gasteiger partial charge in [-0.1, -0.05) is 42.4 Å². The first-order valence-corrected chi connectivity index (χ1v) is 9.02. The number of ether oxygens (including phenoxy) is 1. The molecule has 1 aromatic rings. The third kappa shape index (κ3) is 5.90. The van der Waals surface area contributed by atoms with Gasteiger partial charge in [-0.15, -0.1) is 10.2 Å². The summed E-state index contributed by atoms with van der Waals surface area (Å²) in [6.07, 6.45) is 5.80. The Morgan fingerprint density at radius 1 is 1.27 bits per heavy atom. The average molecular weight is 344 g/mol. The quantitative estimate of drug-likeness (QED) is 0.577. The second-order valence-corrected chi connectivity index (χ2v) is 7.25. The van der Waals surface area contributed by atoms with Crippen LogP contribution in [0.3, 0.4) is 0 Å². The second kappa shape index (κ2) is 9.06. The van der Waals surface area contributed by atoms with Crippen molar-refractivity contribution >= 4 is 40.0 Å². The molecular formula is C13H20N4O3S2. The SMILES string of the molecule is COCC(=O)Nc1nnc(SCC(=O)NC2CCCCC2)s1. The molecule has 1 fully saturated rings. The minimum Gasteiger partial charge on any atom is -0.375 e. The Kier molecular flexibility index (Phi) is 7.07. The van der Waals surface area contributed by atoms with E-state index in [-0.39, 0.29) is 18.4 Å². The highest BCUT2D eigenvalue weighted by molar-refractivity contribution is 8.01. The number of carbonyl (C=O) groups is 2. The number of methoxy groups -OCH3 is 1. The number of nitrogens with one attached hydrogen (secondary N) is 2. The zero-order chi connectivity index (χ0) is 15.8. The summed E-state index contributed by atoms with van der Waals surface area (Å²) in [5.41, 5.74) is 0. The highest BCUT2D eigenvalue weighted by Gasteiger charge is 2.16. The first kappa shape index (κ1) is 17.2. The van der Waals surface area contributed by atoms with E-state index in [1.165, 1.54) is 49.5 Å². The van der Waals surface area contributed by atoms with E-state index < -0.39 is 0 Å². The Hall–Kier alpha value is -1.19. The first-order chi connectivity index (χ1) is 10.7. The van der Waals surface area contributed by atoms with Gasteiger partial charge in [0.25, 0.3) is 5.91 Å². The molecular weight excluding hydrogens is 324 g/mol. The van der Waals surface area contributed by atoms with Crippen LogP contribution in [0.4, 0.5) is 5.13 Å². The second-order valence-electron chi connectivity index (χ2n) is 5.05. The summed E-state index contributed by atoms with van der Waals surface area (Å²) in [4.78, 5) is 23.2. The molecule has 2 amide bonds. The van der Waals surface area contributed by atoms with Crippen LogP contribution in [0.2, 0.25) is 0 Å². The van der Waals surface area contributed by atoms with E-state index in [4.69, 9.17) is 4.74 Å². The third-order valence-electron chi connectivity index (χ3n) is 3.23. The van der Waals surface area contributed by atoms with Gasteiger partial charge in [0.2, 0.25) is 11.0 Å². The lowest BCUT2D eigenvalue weighted by atomic mass is 9.95. The number of hydrogen-bond donors (Lipinski definition) is 2. The summed E-state index contributed by atoms with van der Waals surface area (Å²) in [7, 11) is 1.45. The molecule has 0 aliphatic heterocycles. The van der Waals surface area contributed by atoms with Crippen LogP contribution in [-0.4, -0.2) is 47.5 Å². The maximum absolute atomic E-state index is 11.9. The van der Waals surface area contributed by atoms with Crippen LogP contribution in [0, 0.1) is 0 Å². The van der Waals surface area contributed by atoms with Crippen LogP contribution in [0.1, 0.15) is 32.1 Å². The number of anilines is 1. The average Bonchev–Trinajstić information content (AvgIpc) is 2.94. The van der Waals surface area contributed by atoms with Crippen molar-refractivity contribution in [3.63, 3.8) is 0 Å². The molecule has 0 saturated heterocycles. The van der Waals surface area contributed by atoms with E-state index in [9.17, 15) is 9.59 Å². The number of carbonyl (C=O) groups excluding carboxylic acids is 2. The summed E-state index contributed by atoms with van der Waals surface area (Å²) in [5, 5.41) is 13.9. The summed E-state index contributed by atoms with van der Waals surface area (Å²) < 4.78 is 5.38. The molecule has 0 spiro atoms. The fourth-order valence-corrected chi connectivity index (χ4v) is 3.83. The highest BCUT2D eigenvalue weighted by atomic mass is 32.2. The molecule has 1 aliphatic rings. The molecule has 22 heavy (non-hydrogen) atoms. The van der Waals surface area contributed by atoms with Gasteiger partial charge >= 0.3 is 0 Å². The zero-order valence-corrected chi connectivity index (χ0v) is 14.1. The van der Waals surface area contributed by atoms with Gasteiger partial charge in [0.05, 0.1) is 5.75 Å². The Morgan fingerprint density at radius 2 is 2.05 bits per heavy atom. The van der Waals surface area contributed by atoms with E-state index in [0.717, 1.165) is 12.8 Å². The number of hydrogen-bond acceptors (Lipinski definition) is 7. The van der Waals surface area contributed by atoms with Gasteiger partial charge in [-0.25, -0.2) is 0 Å². The zero-order valence-electron chi connectivity index (χ0n) is 12.5. The molecule has 1 aliphatic carbocycles. The Labute approximate surface area is 137 Å². The van der Waals surface area contributed by atoms with Gasteiger partial charge in [-0.05, 0) is 12.8 Å². The van der Waals surface area contributed by atoms with Crippen molar-refractivity contribution < 1.29 is 14.3 Å². The maximum Gasteiger partial charge on any atom is 0.252 e. The fourth-order valence-electron chi connectivity index (χ4n) is 2.25. The summed E-state index contributed by atoms with van der Waals surface area (Å²) in [6.45, 7) is -0.0220. The lowest BCUT2D eigenvalue weighted by molar-refractivity contribution is -0.120. The van der Waals surface area contributed by atoms with Crippen LogP contribution in [0.25, 0.3) is 0 Å². The molecule has 1 aromatic heterocycles. The normalized spacial score (nSPS) is 15.5. The van der Waals surface area contributed by atoms with Crippen LogP contribution < -0.4 is 10.6 Å². The van der Waals surface area contributed by atoms with Crippen molar-refractivity contribution in [1.29, 1.82) is 0 Å². The van der Waals surface area contributed by atoms with E-state index in [1.54, 1.807) is 0 Å². The Balaban J connectivity index is 1.71. The van der Waals surface area contributed by atoms with Gasteiger partial charge in [0, 0.05) is 13.2 Å². The summed E-state index contributed by atoms with van der Waals surface area (Å²) >= 11 is 2.58. The molecule has 0 aromatic carbocycles. The summed E-state index contributed by atoms with van der Waals surface area (Å²) in [6, 6.07) is 0.320. The molecule has 1 heterocycles. The predicted molar refractivity (Wildman–Crippen MR) is 86.2 cm³/mol. The molecule has 9 heteroatoms. The molecule has 0 unspecified atom stereocenters. The van der Waals surface area contributed by atoms with Crippen molar-refractivity contribution in [3.8, 4) is 0 Å². The predicted octanol–water partition coefficient (Wildman–Crippen LogP) is 1.66. The Morgan fingerprint density at radius 3 is 2.77 bits per heavy atom. The minimum atomic E-state index is -0.273. The van der Waals surface area contributed by atoms with Crippen molar-refractivity contribution in [1.82, 2.24) is 15.5 Å². The van der Waals surface area contributed by atoms with Crippen molar-refractivity contribution in [3.05, 3.63) is 0 Å². The van der Waals surface area contributed by atoms with Crippen LogP contribution >= 0.6 is 23.1 Å². The number of thioether (sulfide) groups is 1. The van der Waals surface area contributed by atoms with Crippen LogP contribution in [-0.2, 0) is 14.3 Å². The summed E-state index contributed by atoms with van der Waals surface area (Å²) in [5.74, 6) is 0.0688. The lowest BCUT2D eigenvalue weighted by Gasteiger charge is -2.22. The molecule has 7 nitrogen and oxygen atoms in total. The van der Waals surface area contributed by atoms with E-state index in [2.05, 4.69) is 20.8 Å². The van der Waals surface area contributed by atoms with Crippen molar-refractivity contribution in [2.45, 2.75) is 42.5 Å². The van der Waals surface area contributed by atoms with Gasteiger partial charge in [0.15, 0.2) is 4.34 Å². The molecule has 2 N–H and O–H groups in total. The number of nitrogens with zero attached hydrogens (tertiary/aromatic N) is 2. The van der Waals surface area contributed by atoms with Gasteiger partial charge in [-0.3, -0.25) is 14.9 Å². The first-order valence-electron chi connectivity index (χ1n) is 7.22.